The molecule has 90 valence electrons. The number of carbonyl (C=O) groups excluding carboxylic acids is 2. The van der Waals surface area contributed by atoms with Crippen LogP contribution in [0.5, 0.6) is 0 Å². The fourth-order valence-electron chi connectivity index (χ4n) is 1.23. The van der Waals surface area contributed by atoms with Crippen LogP contribution in [-0.2, 0) is 0 Å². The first-order valence-electron chi connectivity index (χ1n) is 4.03. The number of nitro groups is 1. The number of nitro benzene ring substituents is 1. The van der Waals surface area contributed by atoms with Gasteiger partial charge in [0, 0.05) is 0 Å². The Morgan fingerprint density at radius 3 is 2.12 bits per heavy atom. The van der Waals surface area contributed by atoms with Gasteiger partial charge in [0.1, 0.15) is 10.6 Å². The molecule has 7 nitrogen and oxygen atoms in total. The highest BCUT2D eigenvalue weighted by atomic mass is 35.5. The number of hydrogen-bond donors (Lipinski definition) is 2. The number of rotatable bonds is 3. The van der Waals surface area contributed by atoms with Gasteiger partial charge in [0.2, 0.25) is 5.91 Å². The Hall–Kier alpha value is -1.86. The van der Waals surface area contributed by atoms with Gasteiger partial charge in [-0.25, -0.2) is 0 Å². The van der Waals surface area contributed by atoms with Crippen molar-refractivity contribution in [3.05, 3.63) is 37.4 Å². The van der Waals surface area contributed by atoms with E-state index < -0.39 is 38.6 Å². The first kappa shape index (κ1) is 13.2. The fourth-order valence-corrected chi connectivity index (χ4v) is 1.64. The van der Waals surface area contributed by atoms with E-state index in [9.17, 15) is 19.7 Å². The fraction of sp³-hybridized carbons (Fsp3) is 0. The minimum atomic E-state index is -1.19. The monoisotopic (exact) mass is 277 g/mol. The Morgan fingerprint density at radius 2 is 1.76 bits per heavy atom. The van der Waals surface area contributed by atoms with E-state index >= 15 is 0 Å². The number of benzene rings is 1. The number of nitrogens with two attached hydrogens (primary N) is 2. The summed E-state index contributed by atoms with van der Waals surface area (Å²) in [7, 11) is 0. The molecule has 0 saturated heterocycles. The van der Waals surface area contributed by atoms with Crippen LogP contribution in [0.15, 0.2) is 6.07 Å². The summed E-state index contributed by atoms with van der Waals surface area (Å²) in [5.41, 5.74) is 7.99. The smallest absolute Gasteiger partial charge is 0.302 e. The SMILES string of the molecule is NC(=O)c1cc(Cl)c(Cl)c([N+](=O)[O-])c1C(N)=O. The standard InChI is InChI=1S/C8H5Cl2N3O4/c9-3-1-2(7(11)14)4(8(12)15)6(5(3)10)13(16)17/h1H,(H2,11,14)(H2,12,15). The summed E-state index contributed by atoms with van der Waals surface area (Å²) in [6.45, 7) is 0. The van der Waals surface area contributed by atoms with Gasteiger partial charge in [-0.05, 0) is 6.07 Å². The highest BCUT2D eigenvalue weighted by Gasteiger charge is 2.30. The van der Waals surface area contributed by atoms with Crippen molar-refractivity contribution in [1.29, 1.82) is 0 Å². The van der Waals surface area contributed by atoms with Crippen LogP contribution < -0.4 is 11.5 Å². The Morgan fingerprint density at radius 1 is 1.24 bits per heavy atom. The van der Waals surface area contributed by atoms with Gasteiger partial charge in [-0.1, -0.05) is 23.2 Å². The Labute approximate surface area is 104 Å². The number of halogens is 2. The maximum Gasteiger partial charge on any atom is 0.302 e. The molecule has 0 saturated carbocycles. The van der Waals surface area contributed by atoms with E-state index in [0.29, 0.717) is 0 Å². The summed E-state index contributed by atoms with van der Waals surface area (Å²) in [5.74, 6) is -2.26. The summed E-state index contributed by atoms with van der Waals surface area (Å²) in [4.78, 5) is 32.0. The van der Waals surface area contributed by atoms with Gasteiger partial charge in [-0.2, -0.15) is 0 Å². The zero-order chi connectivity index (χ0) is 13.3. The third-order valence-electron chi connectivity index (χ3n) is 1.89. The molecule has 0 radical (unpaired) electrons. The molecule has 0 heterocycles. The van der Waals surface area contributed by atoms with Crippen LogP contribution in [0.3, 0.4) is 0 Å². The lowest BCUT2D eigenvalue weighted by Gasteiger charge is -2.07. The summed E-state index contributed by atoms with van der Waals surface area (Å²) in [6, 6.07) is 0.958. The van der Waals surface area contributed by atoms with Crippen molar-refractivity contribution in [2.24, 2.45) is 11.5 Å². The van der Waals surface area contributed by atoms with Gasteiger partial charge >= 0.3 is 5.69 Å². The van der Waals surface area contributed by atoms with Crippen molar-refractivity contribution >= 4 is 40.7 Å². The van der Waals surface area contributed by atoms with E-state index in [1.807, 2.05) is 0 Å². The molecule has 17 heavy (non-hydrogen) atoms. The van der Waals surface area contributed by atoms with Crippen molar-refractivity contribution in [2.45, 2.75) is 0 Å². The Kier molecular flexibility index (Phi) is 3.54. The van der Waals surface area contributed by atoms with Crippen LogP contribution in [0.25, 0.3) is 0 Å². The van der Waals surface area contributed by atoms with E-state index in [4.69, 9.17) is 34.7 Å². The Bertz CT molecular complexity index is 544. The van der Waals surface area contributed by atoms with Crippen LogP contribution in [0, 0.1) is 10.1 Å². The highest BCUT2D eigenvalue weighted by Crippen LogP contribution is 2.36. The van der Waals surface area contributed by atoms with Crippen molar-refractivity contribution in [1.82, 2.24) is 0 Å². The van der Waals surface area contributed by atoms with E-state index in [2.05, 4.69) is 0 Å². The average Bonchev–Trinajstić information content (AvgIpc) is 2.19. The predicted octanol–water partition coefficient (Wildman–Crippen LogP) is 1.10. The average molecular weight is 278 g/mol. The number of nitrogens with zero attached hydrogens (tertiary/aromatic N) is 1. The third kappa shape index (κ3) is 2.29. The first-order chi connectivity index (χ1) is 7.77. The molecule has 0 aromatic heterocycles. The molecule has 1 aromatic carbocycles. The van der Waals surface area contributed by atoms with Gasteiger partial charge in [-0.15, -0.1) is 0 Å². The predicted molar refractivity (Wildman–Crippen MR) is 60.2 cm³/mol. The Balaban J connectivity index is 3.83. The molecule has 2 amide bonds. The molecular formula is C8H5Cl2N3O4. The maximum absolute atomic E-state index is 11.1. The van der Waals surface area contributed by atoms with Gasteiger partial charge < -0.3 is 11.5 Å². The molecule has 0 bridgehead atoms. The summed E-state index contributed by atoms with van der Waals surface area (Å²) >= 11 is 11.2. The van der Waals surface area contributed by atoms with Gasteiger partial charge in [-0.3, -0.25) is 19.7 Å². The highest BCUT2D eigenvalue weighted by molar-refractivity contribution is 6.44. The lowest BCUT2D eigenvalue weighted by atomic mass is 10.0. The van der Waals surface area contributed by atoms with E-state index in [1.165, 1.54) is 0 Å². The molecule has 0 spiro atoms. The number of carbonyl (C=O) groups is 2. The van der Waals surface area contributed by atoms with Gasteiger partial charge in [0.15, 0.2) is 0 Å². The molecule has 0 fully saturated rings. The molecule has 1 aromatic rings. The molecule has 9 heteroatoms. The zero-order valence-corrected chi connectivity index (χ0v) is 9.58. The normalized spacial score (nSPS) is 10.0. The lowest BCUT2D eigenvalue weighted by molar-refractivity contribution is -0.385. The van der Waals surface area contributed by atoms with Crippen LogP contribution in [0.4, 0.5) is 5.69 Å². The number of amides is 2. The van der Waals surface area contributed by atoms with Crippen molar-refractivity contribution in [2.75, 3.05) is 0 Å². The third-order valence-corrected chi connectivity index (χ3v) is 2.67. The van der Waals surface area contributed by atoms with Crippen molar-refractivity contribution in [3.63, 3.8) is 0 Å². The van der Waals surface area contributed by atoms with E-state index in [0.717, 1.165) is 6.07 Å². The molecular weight excluding hydrogens is 273 g/mol. The molecule has 1 rings (SSSR count). The summed E-state index contributed by atoms with van der Waals surface area (Å²) < 4.78 is 0. The molecule has 0 unspecified atom stereocenters. The maximum atomic E-state index is 11.1. The van der Waals surface area contributed by atoms with Crippen molar-refractivity contribution < 1.29 is 14.5 Å². The summed E-state index contributed by atoms with van der Waals surface area (Å²) in [6.07, 6.45) is 0. The van der Waals surface area contributed by atoms with Gasteiger partial charge in [0.05, 0.1) is 15.5 Å². The lowest BCUT2D eigenvalue weighted by Crippen LogP contribution is -2.22. The van der Waals surface area contributed by atoms with Gasteiger partial charge in [0.25, 0.3) is 5.91 Å². The second-order valence-electron chi connectivity index (χ2n) is 2.93. The first-order valence-corrected chi connectivity index (χ1v) is 4.79. The topological polar surface area (TPSA) is 129 Å². The van der Waals surface area contributed by atoms with Crippen LogP contribution >= 0.6 is 23.2 Å². The minimum absolute atomic E-state index is 0.267. The molecule has 0 aliphatic carbocycles. The van der Waals surface area contributed by atoms with Crippen LogP contribution in [0.2, 0.25) is 10.0 Å². The van der Waals surface area contributed by atoms with Crippen molar-refractivity contribution in [3.8, 4) is 0 Å². The number of hydrogen-bond acceptors (Lipinski definition) is 4. The second-order valence-corrected chi connectivity index (χ2v) is 3.71. The van der Waals surface area contributed by atoms with E-state index in [1.54, 1.807) is 0 Å². The van der Waals surface area contributed by atoms with Crippen LogP contribution in [0.1, 0.15) is 20.7 Å². The second kappa shape index (κ2) is 4.56. The molecule has 0 aliphatic rings. The summed E-state index contributed by atoms with van der Waals surface area (Å²) in [5, 5.41) is 10.0. The minimum Gasteiger partial charge on any atom is -0.366 e. The molecule has 0 aliphatic heterocycles. The quantitative estimate of drug-likeness (QED) is 0.633. The zero-order valence-electron chi connectivity index (χ0n) is 8.07. The van der Waals surface area contributed by atoms with Crippen LogP contribution in [-0.4, -0.2) is 16.7 Å². The molecule has 4 N–H and O–H groups in total. The van der Waals surface area contributed by atoms with E-state index in [-0.39, 0.29) is 5.02 Å². The number of primary amides is 2. The molecule has 0 atom stereocenters. The largest absolute Gasteiger partial charge is 0.366 e.